The zero-order valence-corrected chi connectivity index (χ0v) is 11.1. The summed E-state index contributed by atoms with van der Waals surface area (Å²) >= 11 is 0. The predicted octanol–water partition coefficient (Wildman–Crippen LogP) is 3.69. The van der Waals surface area contributed by atoms with Crippen molar-refractivity contribution in [3.05, 3.63) is 0 Å². The van der Waals surface area contributed by atoms with Gasteiger partial charge in [0.2, 0.25) is 0 Å². The Hall–Kier alpha value is -0.0400. The number of hydrogen-bond acceptors (Lipinski definition) is 1. The van der Waals surface area contributed by atoms with E-state index in [1.165, 1.54) is 38.6 Å². The predicted molar refractivity (Wildman–Crippen MR) is 68.0 cm³/mol. The molecule has 0 aliphatic heterocycles. The summed E-state index contributed by atoms with van der Waals surface area (Å²) < 4.78 is 0. The number of hydrogen-bond donors (Lipinski definition) is 1. The summed E-state index contributed by atoms with van der Waals surface area (Å²) in [6.45, 7) is 8.35. The largest absolute Gasteiger partial charge is 0.319 e. The Labute approximate surface area is 96.0 Å². The van der Waals surface area contributed by atoms with E-state index in [0.29, 0.717) is 0 Å². The average Bonchev–Trinajstić information content (AvgIpc) is 2.21. The lowest BCUT2D eigenvalue weighted by Gasteiger charge is -2.38. The molecule has 15 heavy (non-hydrogen) atoms. The van der Waals surface area contributed by atoms with Crippen LogP contribution in [0.25, 0.3) is 0 Å². The van der Waals surface area contributed by atoms with Crippen LogP contribution in [0, 0.1) is 23.7 Å². The van der Waals surface area contributed by atoms with E-state index in [9.17, 15) is 0 Å². The molecule has 1 aliphatic rings. The minimum absolute atomic E-state index is 0.889. The molecular weight excluding hydrogens is 182 g/mol. The molecule has 0 spiro atoms. The Kier molecular flexibility index (Phi) is 5.66. The molecule has 1 N–H and O–H groups in total. The molecule has 0 radical (unpaired) electrons. The molecule has 90 valence electrons. The van der Waals surface area contributed by atoms with Crippen molar-refractivity contribution in [2.75, 3.05) is 13.6 Å². The standard InChI is InChI=1S/C14H29N/c1-5-6-13-9-12(11(2)3)7-8-14(13)10-15-4/h11-15H,5-10H2,1-4H3. The number of nitrogens with one attached hydrogen (secondary N) is 1. The third-order valence-electron chi connectivity index (χ3n) is 4.25. The van der Waals surface area contributed by atoms with Crippen LogP contribution in [-0.2, 0) is 0 Å². The quantitative estimate of drug-likeness (QED) is 0.731. The highest BCUT2D eigenvalue weighted by Gasteiger charge is 2.30. The van der Waals surface area contributed by atoms with Crippen LogP contribution in [0.5, 0.6) is 0 Å². The highest BCUT2D eigenvalue weighted by molar-refractivity contribution is 4.82. The first-order valence-corrected chi connectivity index (χ1v) is 6.83. The molecule has 0 aromatic rings. The molecule has 1 nitrogen and oxygen atoms in total. The van der Waals surface area contributed by atoms with Crippen molar-refractivity contribution in [2.45, 2.75) is 52.9 Å². The second-order valence-corrected chi connectivity index (χ2v) is 5.68. The molecule has 1 fully saturated rings. The van der Waals surface area contributed by atoms with Crippen molar-refractivity contribution in [1.29, 1.82) is 0 Å². The minimum atomic E-state index is 0.889. The zero-order chi connectivity index (χ0) is 11.3. The lowest BCUT2D eigenvalue weighted by Crippen LogP contribution is -2.33. The Morgan fingerprint density at radius 3 is 2.47 bits per heavy atom. The summed E-state index contributed by atoms with van der Waals surface area (Å²) in [6, 6.07) is 0. The van der Waals surface area contributed by atoms with Crippen molar-refractivity contribution in [3.8, 4) is 0 Å². The van der Waals surface area contributed by atoms with Crippen molar-refractivity contribution in [2.24, 2.45) is 23.7 Å². The number of rotatable bonds is 5. The Bertz CT molecular complexity index is 165. The second kappa shape index (κ2) is 6.52. The van der Waals surface area contributed by atoms with Gasteiger partial charge in [0.15, 0.2) is 0 Å². The van der Waals surface area contributed by atoms with Crippen LogP contribution in [0.2, 0.25) is 0 Å². The van der Waals surface area contributed by atoms with Gasteiger partial charge in [-0.15, -0.1) is 0 Å². The fourth-order valence-electron chi connectivity index (χ4n) is 3.22. The molecule has 0 aromatic carbocycles. The molecule has 0 heterocycles. The van der Waals surface area contributed by atoms with Gasteiger partial charge in [-0.05, 0) is 56.5 Å². The van der Waals surface area contributed by atoms with Gasteiger partial charge in [-0.25, -0.2) is 0 Å². The maximum absolute atomic E-state index is 3.37. The van der Waals surface area contributed by atoms with Gasteiger partial charge in [-0.2, -0.15) is 0 Å². The SMILES string of the molecule is CCCC1CC(C(C)C)CCC1CNC. The first-order chi connectivity index (χ1) is 7.19. The summed E-state index contributed by atoms with van der Waals surface area (Å²) in [6.07, 6.45) is 7.20. The maximum Gasteiger partial charge on any atom is -0.00209 e. The van der Waals surface area contributed by atoms with Crippen LogP contribution < -0.4 is 5.32 Å². The van der Waals surface area contributed by atoms with Gasteiger partial charge in [0.1, 0.15) is 0 Å². The van der Waals surface area contributed by atoms with Crippen molar-refractivity contribution in [3.63, 3.8) is 0 Å². The van der Waals surface area contributed by atoms with Crippen molar-refractivity contribution < 1.29 is 0 Å². The Balaban J connectivity index is 2.48. The first kappa shape index (κ1) is 13.0. The fourth-order valence-corrected chi connectivity index (χ4v) is 3.22. The van der Waals surface area contributed by atoms with Crippen LogP contribution in [0.3, 0.4) is 0 Å². The van der Waals surface area contributed by atoms with Crippen LogP contribution in [0.15, 0.2) is 0 Å². The monoisotopic (exact) mass is 211 g/mol. The normalized spacial score (nSPS) is 32.2. The summed E-state index contributed by atoms with van der Waals surface area (Å²) in [4.78, 5) is 0. The van der Waals surface area contributed by atoms with E-state index in [1.807, 2.05) is 0 Å². The van der Waals surface area contributed by atoms with Crippen LogP contribution in [-0.4, -0.2) is 13.6 Å². The topological polar surface area (TPSA) is 12.0 Å². The molecule has 0 amide bonds. The molecule has 1 aliphatic carbocycles. The van der Waals surface area contributed by atoms with Gasteiger partial charge in [-0.3, -0.25) is 0 Å². The lowest BCUT2D eigenvalue weighted by atomic mass is 9.69. The van der Waals surface area contributed by atoms with Crippen LogP contribution >= 0.6 is 0 Å². The minimum Gasteiger partial charge on any atom is -0.319 e. The molecule has 0 saturated heterocycles. The lowest BCUT2D eigenvalue weighted by molar-refractivity contribution is 0.138. The van der Waals surface area contributed by atoms with E-state index in [0.717, 1.165) is 23.7 Å². The molecule has 1 saturated carbocycles. The van der Waals surface area contributed by atoms with E-state index < -0.39 is 0 Å². The molecule has 1 rings (SSSR count). The molecular formula is C14H29N. The van der Waals surface area contributed by atoms with Gasteiger partial charge in [0.25, 0.3) is 0 Å². The van der Waals surface area contributed by atoms with E-state index >= 15 is 0 Å². The summed E-state index contributed by atoms with van der Waals surface area (Å²) in [5.74, 6) is 3.82. The fraction of sp³-hybridized carbons (Fsp3) is 1.00. The van der Waals surface area contributed by atoms with Gasteiger partial charge in [-0.1, -0.05) is 33.6 Å². The highest BCUT2D eigenvalue weighted by atomic mass is 14.8. The molecule has 0 aromatic heterocycles. The summed E-state index contributed by atoms with van der Waals surface area (Å²) in [5, 5.41) is 3.37. The average molecular weight is 211 g/mol. The maximum atomic E-state index is 3.37. The highest BCUT2D eigenvalue weighted by Crippen LogP contribution is 2.39. The van der Waals surface area contributed by atoms with E-state index in [4.69, 9.17) is 0 Å². The third-order valence-corrected chi connectivity index (χ3v) is 4.25. The van der Waals surface area contributed by atoms with Crippen LogP contribution in [0.1, 0.15) is 52.9 Å². The van der Waals surface area contributed by atoms with E-state index in [1.54, 1.807) is 0 Å². The zero-order valence-electron chi connectivity index (χ0n) is 11.1. The van der Waals surface area contributed by atoms with Gasteiger partial charge in [0, 0.05) is 0 Å². The Morgan fingerprint density at radius 2 is 1.93 bits per heavy atom. The Morgan fingerprint density at radius 1 is 1.20 bits per heavy atom. The molecule has 3 atom stereocenters. The summed E-state index contributed by atoms with van der Waals surface area (Å²) in [5.41, 5.74) is 0. The van der Waals surface area contributed by atoms with Gasteiger partial charge < -0.3 is 5.32 Å². The third kappa shape index (κ3) is 3.79. The van der Waals surface area contributed by atoms with Crippen molar-refractivity contribution in [1.82, 2.24) is 5.32 Å². The molecule has 0 bridgehead atoms. The first-order valence-electron chi connectivity index (χ1n) is 6.83. The van der Waals surface area contributed by atoms with E-state index in [2.05, 4.69) is 33.1 Å². The van der Waals surface area contributed by atoms with E-state index in [-0.39, 0.29) is 0 Å². The van der Waals surface area contributed by atoms with Gasteiger partial charge >= 0.3 is 0 Å². The van der Waals surface area contributed by atoms with Crippen LogP contribution in [0.4, 0.5) is 0 Å². The second-order valence-electron chi connectivity index (χ2n) is 5.68. The smallest absolute Gasteiger partial charge is 0.00209 e. The molecule has 3 unspecified atom stereocenters. The van der Waals surface area contributed by atoms with Gasteiger partial charge in [0.05, 0.1) is 0 Å². The summed E-state index contributed by atoms with van der Waals surface area (Å²) in [7, 11) is 2.09. The van der Waals surface area contributed by atoms with Crippen molar-refractivity contribution >= 4 is 0 Å². The molecule has 1 heteroatoms.